The number of carbonyl (C=O) groups excluding carboxylic acids is 1. The maximum Gasteiger partial charge on any atom is 0.163 e. The fourth-order valence-corrected chi connectivity index (χ4v) is 4.80. The van der Waals surface area contributed by atoms with Crippen LogP contribution in [0.3, 0.4) is 0 Å². The molecule has 0 amide bonds. The van der Waals surface area contributed by atoms with Gasteiger partial charge in [-0.15, -0.1) is 0 Å². The van der Waals surface area contributed by atoms with Crippen LogP contribution in [-0.2, 0) is 4.79 Å². The molecule has 2 aliphatic rings. The Balaban J connectivity index is 1.61. The van der Waals surface area contributed by atoms with Crippen LogP contribution in [0.4, 0.5) is 20.2 Å². The lowest BCUT2D eigenvalue weighted by Gasteiger charge is -2.30. The number of halogens is 2. The van der Waals surface area contributed by atoms with Crippen LogP contribution in [0, 0.1) is 11.6 Å². The van der Waals surface area contributed by atoms with Crippen LogP contribution >= 0.6 is 0 Å². The maximum absolute atomic E-state index is 14.9. The number of methoxy groups -OCH3 is 2. The Hall–Kier alpha value is -3.87. The van der Waals surface area contributed by atoms with Crippen molar-refractivity contribution in [2.75, 3.05) is 24.9 Å². The molecule has 174 valence electrons. The fourth-order valence-electron chi connectivity index (χ4n) is 4.80. The maximum atomic E-state index is 14.9. The molecule has 0 saturated heterocycles. The monoisotopic (exact) mass is 462 g/mol. The van der Waals surface area contributed by atoms with E-state index < -0.39 is 17.7 Å². The lowest BCUT2D eigenvalue weighted by atomic mass is 9.78. The van der Waals surface area contributed by atoms with Crippen LogP contribution in [0.15, 0.2) is 71.9 Å². The van der Waals surface area contributed by atoms with E-state index >= 15 is 0 Å². The van der Waals surface area contributed by atoms with Crippen molar-refractivity contribution in [3.05, 3.63) is 94.7 Å². The SMILES string of the molecule is COc1ccc([C@H]2CC(=O)C3=C(C2)Nc2ccccc2N[C@@H]3c2cc(F)ccc2F)cc1OC. The lowest BCUT2D eigenvalue weighted by molar-refractivity contribution is -0.116. The average molecular weight is 462 g/mol. The minimum atomic E-state index is -0.819. The van der Waals surface area contributed by atoms with Gasteiger partial charge in [-0.25, -0.2) is 8.78 Å². The van der Waals surface area contributed by atoms with E-state index in [4.69, 9.17) is 9.47 Å². The number of Topliss-reactive ketones (excluding diaryl/α,β-unsaturated/α-hetero) is 1. The highest BCUT2D eigenvalue weighted by molar-refractivity contribution is 6.01. The molecule has 3 aromatic carbocycles. The van der Waals surface area contributed by atoms with Crippen LogP contribution in [0.25, 0.3) is 0 Å². The molecule has 0 radical (unpaired) electrons. The number of rotatable bonds is 4. The second kappa shape index (κ2) is 8.82. The molecular formula is C27H24F2N2O3. The van der Waals surface area contributed by atoms with E-state index in [1.165, 1.54) is 0 Å². The van der Waals surface area contributed by atoms with Gasteiger partial charge in [-0.1, -0.05) is 18.2 Å². The first kappa shape index (κ1) is 21.9. The standard InChI is InChI=1S/C27H24F2N2O3/c1-33-24-10-7-15(13-25(24)34-2)16-11-22-26(23(32)12-16)27(18-14-17(28)8-9-19(18)29)31-21-6-4-3-5-20(21)30-22/h3-10,13-14,16,27,30-31H,11-12H2,1-2H3/t16-,27-/m1/s1. The van der Waals surface area contributed by atoms with Crippen molar-refractivity contribution in [2.24, 2.45) is 0 Å². The van der Waals surface area contributed by atoms with Gasteiger partial charge in [0.1, 0.15) is 11.6 Å². The van der Waals surface area contributed by atoms with E-state index in [9.17, 15) is 13.6 Å². The number of ketones is 1. The number of ether oxygens (including phenoxy) is 2. The molecule has 3 aromatic rings. The molecule has 0 aromatic heterocycles. The molecule has 0 fully saturated rings. The predicted octanol–water partition coefficient (Wildman–Crippen LogP) is 5.96. The first-order chi connectivity index (χ1) is 16.5. The number of anilines is 2. The number of fused-ring (bicyclic) bond motifs is 1. The fraction of sp³-hybridized carbons (Fsp3) is 0.222. The quantitative estimate of drug-likeness (QED) is 0.501. The topological polar surface area (TPSA) is 59.6 Å². The van der Waals surface area contributed by atoms with Crippen molar-refractivity contribution >= 4 is 17.2 Å². The highest BCUT2D eigenvalue weighted by Gasteiger charge is 2.37. The number of benzene rings is 3. The number of hydrogen-bond donors (Lipinski definition) is 2. The van der Waals surface area contributed by atoms with E-state index in [0.717, 1.165) is 29.4 Å². The van der Waals surface area contributed by atoms with Crippen molar-refractivity contribution in [1.29, 1.82) is 0 Å². The molecule has 0 unspecified atom stereocenters. The van der Waals surface area contributed by atoms with E-state index in [0.29, 0.717) is 34.9 Å². The highest BCUT2D eigenvalue weighted by atomic mass is 19.1. The highest BCUT2D eigenvalue weighted by Crippen LogP contribution is 2.45. The Morgan fingerprint density at radius 2 is 1.65 bits per heavy atom. The summed E-state index contributed by atoms with van der Waals surface area (Å²) in [5.41, 5.74) is 3.65. The third-order valence-electron chi connectivity index (χ3n) is 6.46. The number of para-hydroxylation sites is 2. The predicted molar refractivity (Wildman–Crippen MR) is 126 cm³/mol. The first-order valence-corrected chi connectivity index (χ1v) is 11.0. The molecule has 5 nitrogen and oxygen atoms in total. The summed E-state index contributed by atoms with van der Waals surface area (Å²) < 4.78 is 39.7. The summed E-state index contributed by atoms with van der Waals surface area (Å²) in [5.74, 6) is -0.157. The van der Waals surface area contributed by atoms with Gasteiger partial charge in [0, 0.05) is 23.3 Å². The van der Waals surface area contributed by atoms with Gasteiger partial charge in [-0.2, -0.15) is 0 Å². The van der Waals surface area contributed by atoms with Gasteiger partial charge in [0.05, 0.1) is 31.6 Å². The third kappa shape index (κ3) is 3.87. The Morgan fingerprint density at radius 1 is 0.882 bits per heavy atom. The number of allylic oxidation sites excluding steroid dienone is 1. The molecular weight excluding hydrogens is 438 g/mol. The molecule has 0 saturated carbocycles. The molecule has 1 aliphatic heterocycles. The van der Waals surface area contributed by atoms with Gasteiger partial charge in [0.15, 0.2) is 17.3 Å². The number of carbonyl (C=O) groups is 1. The van der Waals surface area contributed by atoms with Crippen molar-refractivity contribution < 1.29 is 23.0 Å². The van der Waals surface area contributed by atoms with Crippen molar-refractivity contribution in [1.82, 2.24) is 0 Å². The van der Waals surface area contributed by atoms with Gasteiger partial charge < -0.3 is 20.1 Å². The van der Waals surface area contributed by atoms with E-state index in [1.54, 1.807) is 14.2 Å². The Labute approximate surface area is 196 Å². The van der Waals surface area contributed by atoms with Crippen molar-refractivity contribution in [3.8, 4) is 11.5 Å². The van der Waals surface area contributed by atoms with Gasteiger partial charge in [-0.05, 0) is 60.4 Å². The number of hydrogen-bond acceptors (Lipinski definition) is 5. The van der Waals surface area contributed by atoms with E-state index in [1.807, 2.05) is 42.5 Å². The lowest BCUT2D eigenvalue weighted by Crippen LogP contribution is -2.27. The molecule has 2 N–H and O–H groups in total. The minimum absolute atomic E-state index is 0.101. The summed E-state index contributed by atoms with van der Waals surface area (Å²) >= 11 is 0. The van der Waals surface area contributed by atoms with Crippen molar-refractivity contribution in [2.45, 2.75) is 24.8 Å². The zero-order chi connectivity index (χ0) is 23.8. The molecule has 5 rings (SSSR count). The summed E-state index contributed by atoms with van der Waals surface area (Å²) in [6.07, 6.45) is 0.765. The smallest absolute Gasteiger partial charge is 0.163 e. The summed E-state index contributed by atoms with van der Waals surface area (Å²) in [4.78, 5) is 13.6. The first-order valence-electron chi connectivity index (χ1n) is 11.0. The molecule has 7 heteroatoms. The molecule has 2 atom stereocenters. The number of nitrogens with one attached hydrogen (secondary N) is 2. The zero-order valence-electron chi connectivity index (χ0n) is 18.8. The van der Waals surface area contributed by atoms with Crippen LogP contribution in [0.1, 0.15) is 35.9 Å². The Morgan fingerprint density at radius 3 is 2.41 bits per heavy atom. The second-order valence-corrected chi connectivity index (χ2v) is 8.45. The minimum Gasteiger partial charge on any atom is -0.493 e. The van der Waals surface area contributed by atoms with Crippen LogP contribution in [0.2, 0.25) is 0 Å². The van der Waals surface area contributed by atoms with Crippen LogP contribution < -0.4 is 20.1 Å². The summed E-state index contributed by atoms with van der Waals surface area (Å²) in [6, 6.07) is 15.6. The van der Waals surface area contributed by atoms with E-state index in [2.05, 4.69) is 10.6 Å². The van der Waals surface area contributed by atoms with Crippen LogP contribution in [0.5, 0.6) is 11.5 Å². The zero-order valence-corrected chi connectivity index (χ0v) is 18.8. The summed E-state index contributed by atoms with van der Waals surface area (Å²) in [7, 11) is 3.15. The average Bonchev–Trinajstić information content (AvgIpc) is 3.01. The van der Waals surface area contributed by atoms with Gasteiger partial charge >= 0.3 is 0 Å². The van der Waals surface area contributed by atoms with Crippen LogP contribution in [-0.4, -0.2) is 20.0 Å². The van der Waals surface area contributed by atoms with Crippen molar-refractivity contribution in [3.63, 3.8) is 0 Å². The molecule has 34 heavy (non-hydrogen) atoms. The van der Waals surface area contributed by atoms with E-state index in [-0.39, 0.29) is 23.7 Å². The Bertz CT molecular complexity index is 1300. The normalized spacial score (nSPS) is 19.4. The van der Waals surface area contributed by atoms with Gasteiger partial charge in [-0.3, -0.25) is 4.79 Å². The molecule has 1 aliphatic carbocycles. The summed E-state index contributed by atoms with van der Waals surface area (Å²) in [6.45, 7) is 0. The third-order valence-corrected chi connectivity index (χ3v) is 6.46. The van der Waals surface area contributed by atoms with Gasteiger partial charge in [0.2, 0.25) is 0 Å². The Kier molecular flexibility index (Phi) is 5.69. The molecule has 1 heterocycles. The molecule has 0 bridgehead atoms. The van der Waals surface area contributed by atoms with Gasteiger partial charge in [0.25, 0.3) is 0 Å². The summed E-state index contributed by atoms with van der Waals surface area (Å²) in [5, 5.41) is 6.68. The molecule has 0 spiro atoms. The second-order valence-electron chi connectivity index (χ2n) is 8.45. The largest absolute Gasteiger partial charge is 0.493 e.